The molecule has 3 nitrogen and oxygen atoms in total. The van der Waals surface area contributed by atoms with E-state index in [2.05, 4.69) is 0 Å². The molecule has 0 atom stereocenters. The van der Waals surface area contributed by atoms with Crippen molar-refractivity contribution in [1.82, 2.24) is 0 Å². The zero-order chi connectivity index (χ0) is 9.26. The van der Waals surface area contributed by atoms with E-state index in [1.54, 1.807) is 18.2 Å². The minimum atomic E-state index is -1.13. The van der Waals surface area contributed by atoms with Crippen molar-refractivity contribution in [2.75, 3.05) is 0 Å². The van der Waals surface area contributed by atoms with Gasteiger partial charge < -0.3 is 15.4 Å². The zero-order valence-electron chi connectivity index (χ0n) is 7.77. The normalized spacial score (nSPS) is 8.80. The summed E-state index contributed by atoms with van der Waals surface area (Å²) in [4.78, 5) is 10.7. The smallest absolute Gasteiger partial charge is 2.00 e. The van der Waals surface area contributed by atoms with Crippen LogP contribution in [0.4, 0.5) is 0 Å². The van der Waals surface area contributed by atoms with E-state index in [0.717, 1.165) is 10.8 Å². The molecule has 0 bridgehead atoms. The first-order chi connectivity index (χ1) is 6.29. The van der Waals surface area contributed by atoms with Crippen molar-refractivity contribution in [3.05, 3.63) is 48.0 Å². The van der Waals surface area contributed by atoms with E-state index in [1.165, 1.54) is 0 Å². The summed E-state index contributed by atoms with van der Waals surface area (Å²) in [6.45, 7) is 0. The number of aromatic carboxylic acids is 1. The van der Waals surface area contributed by atoms with Crippen LogP contribution in [-0.4, -0.2) is 5.97 Å². The Morgan fingerprint density at radius 1 is 1.00 bits per heavy atom. The molecule has 0 aliphatic carbocycles. The van der Waals surface area contributed by atoms with E-state index in [1.807, 2.05) is 24.3 Å². The monoisotopic (exact) mass is 235 g/mol. The van der Waals surface area contributed by atoms with Gasteiger partial charge in [0.05, 0.1) is 5.97 Å². The summed E-state index contributed by atoms with van der Waals surface area (Å²) < 4.78 is 0. The molecule has 0 heterocycles. The van der Waals surface area contributed by atoms with Gasteiger partial charge in [-0.1, -0.05) is 42.5 Å². The van der Waals surface area contributed by atoms with Gasteiger partial charge in [0.1, 0.15) is 0 Å². The fourth-order valence-electron chi connectivity index (χ4n) is 1.40. The van der Waals surface area contributed by atoms with Crippen molar-refractivity contribution in [2.24, 2.45) is 0 Å². The number of carboxylic acids is 1. The molecular formula is C11H7O3Ti. The van der Waals surface area contributed by atoms with E-state index in [4.69, 9.17) is 0 Å². The molecule has 0 fully saturated rings. The maximum Gasteiger partial charge on any atom is 3.00 e. The Morgan fingerprint density at radius 2 is 1.60 bits per heavy atom. The third-order valence-corrected chi connectivity index (χ3v) is 2.01. The van der Waals surface area contributed by atoms with Gasteiger partial charge in [0.15, 0.2) is 0 Å². The molecule has 15 heavy (non-hydrogen) atoms. The number of benzene rings is 2. The molecule has 1 radical (unpaired) electrons. The van der Waals surface area contributed by atoms with Gasteiger partial charge in [-0.05, 0) is 10.8 Å². The molecule has 2 aromatic carbocycles. The molecule has 0 aromatic heterocycles. The Labute approximate surface area is 102 Å². The van der Waals surface area contributed by atoms with Crippen LogP contribution in [0, 0.1) is 0 Å². The van der Waals surface area contributed by atoms with Crippen molar-refractivity contribution in [3.8, 4) is 0 Å². The van der Waals surface area contributed by atoms with Gasteiger partial charge in [-0.2, -0.15) is 0 Å². The number of hydrogen-bond donors (Lipinski definition) is 0. The van der Waals surface area contributed by atoms with Crippen molar-refractivity contribution in [3.63, 3.8) is 0 Å². The van der Waals surface area contributed by atoms with Crippen molar-refractivity contribution in [2.45, 2.75) is 0 Å². The molecule has 0 aliphatic heterocycles. The molecule has 73 valence electrons. The van der Waals surface area contributed by atoms with E-state index in [-0.39, 0.29) is 32.8 Å². The van der Waals surface area contributed by atoms with Crippen LogP contribution in [0.5, 0.6) is 0 Å². The first-order valence-corrected chi connectivity index (χ1v) is 3.98. The van der Waals surface area contributed by atoms with Gasteiger partial charge in [-0.3, -0.25) is 0 Å². The van der Waals surface area contributed by atoms with Crippen molar-refractivity contribution < 1.29 is 37.1 Å². The molecular weight excluding hydrogens is 228 g/mol. The number of carboxylic acid groups (broad SMARTS) is 1. The van der Waals surface area contributed by atoms with E-state index < -0.39 is 5.97 Å². The number of carbonyl (C=O) groups is 1. The number of rotatable bonds is 1. The van der Waals surface area contributed by atoms with Crippen LogP contribution < -0.4 is 5.11 Å². The van der Waals surface area contributed by atoms with Gasteiger partial charge in [-0.15, -0.1) is 0 Å². The van der Waals surface area contributed by atoms with E-state index in [0.29, 0.717) is 0 Å². The molecule has 2 aromatic rings. The maximum atomic E-state index is 10.7. The number of carbonyl (C=O) groups excluding carboxylic acids is 1. The van der Waals surface area contributed by atoms with Crippen LogP contribution in [0.2, 0.25) is 0 Å². The summed E-state index contributed by atoms with van der Waals surface area (Å²) in [5, 5.41) is 12.4. The second kappa shape index (κ2) is 5.66. The Morgan fingerprint density at radius 3 is 2.27 bits per heavy atom. The molecule has 0 spiro atoms. The SMILES string of the molecule is O=C([O-])c1cccc2ccccc12.[O-2].[Ti+3]. The first kappa shape index (κ1) is 13.8. The molecule has 0 aliphatic rings. The Bertz CT molecular complexity index is 463. The van der Waals surface area contributed by atoms with Gasteiger partial charge in [0.25, 0.3) is 0 Å². The first-order valence-electron chi connectivity index (χ1n) is 3.98. The summed E-state index contributed by atoms with van der Waals surface area (Å²) in [7, 11) is 0. The van der Waals surface area contributed by atoms with Crippen LogP contribution in [0.1, 0.15) is 10.4 Å². The van der Waals surface area contributed by atoms with Gasteiger partial charge in [0.2, 0.25) is 0 Å². The van der Waals surface area contributed by atoms with Crippen molar-refractivity contribution >= 4 is 16.7 Å². The minimum absolute atomic E-state index is 0. The molecule has 0 saturated heterocycles. The molecule has 0 unspecified atom stereocenters. The minimum Gasteiger partial charge on any atom is -2.00 e. The maximum absolute atomic E-state index is 10.7. The Hall–Kier alpha value is -1.16. The van der Waals surface area contributed by atoms with E-state index in [9.17, 15) is 9.90 Å². The number of fused-ring (bicyclic) bond motifs is 1. The molecule has 4 heteroatoms. The zero-order valence-corrected chi connectivity index (χ0v) is 9.33. The fourth-order valence-corrected chi connectivity index (χ4v) is 1.40. The summed E-state index contributed by atoms with van der Waals surface area (Å²) >= 11 is 0. The van der Waals surface area contributed by atoms with E-state index >= 15 is 0 Å². The Kier molecular flexibility index (Phi) is 5.22. The molecule has 0 saturated carbocycles. The molecule has 0 amide bonds. The van der Waals surface area contributed by atoms with Crippen molar-refractivity contribution in [1.29, 1.82) is 0 Å². The predicted octanol–water partition coefficient (Wildman–Crippen LogP) is 1.08. The fraction of sp³-hybridized carbons (Fsp3) is 0. The molecule has 2 rings (SSSR count). The topological polar surface area (TPSA) is 68.6 Å². The quantitative estimate of drug-likeness (QED) is 0.694. The van der Waals surface area contributed by atoms with Crippen LogP contribution in [0.15, 0.2) is 42.5 Å². The summed E-state index contributed by atoms with van der Waals surface area (Å²) in [6, 6.07) is 12.5. The average Bonchev–Trinajstić information content (AvgIpc) is 2.17. The standard InChI is InChI=1S/C11H8O2.O.Ti/c12-11(13)10-7-3-5-8-4-1-2-6-9(8)10;;/h1-7H,(H,12,13);;/q;-2;+3/p-1. The third-order valence-electron chi connectivity index (χ3n) is 2.01. The summed E-state index contributed by atoms with van der Waals surface area (Å²) in [6.07, 6.45) is 0. The van der Waals surface area contributed by atoms with Crippen LogP contribution in [0.3, 0.4) is 0 Å². The van der Waals surface area contributed by atoms with Crippen LogP contribution >= 0.6 is 0 Å². The second-order valence-electron chi connectivity index (χ2n) is 2.81. The number of hydrogen-bond acceptors (Lipinski definition) is 2. The summed E-state index contributed by atoms with van der Waals surface area (Å²) in [5.74, 6) is -1.13. The average molecular weight is 235 g/mol. The van der Waals surface area contributed by atoms with Crippen LogP contribution in [-0.2, 0) is 27.2 Å². The second-order valence-corrected chi connectivity index (χ2v) is 2.81. The molecule has 0 N–H and O–H groups in total. The largest absolute Gasteiger partial charge is 3.00 e. The third kappa shape index (κ3) is 2.66. The van der Waals surface area contributed by atoms with Gasteiger partial charge >= 0.3 is 21.7 Å². The Balaban J connectivity index is 0.000000980. The van der Waals surface area contributed by atoms with Gasteiger partial charge in [-0.25, -0.2) is 0 Å². The predicted molar refractivity (Wildman–Crippen MR) is 49.0 cm³/mol. The van der Waals surface area contributed by atoms with Crippen LogP contribution in [0.25, 0.3) is 10.8 Å². The summed E-state index contributed by atoms with van der Waals surface area (Å²) in [5.41, 5.74) is 0.248. The van der Waals surface area contributed by atoms with Gasteiger partial charge in [0, 0.05) is 5.56 Å².